The van der Waals surface area contributed by atoms with Crippen molar-refractivity contribution in [1.29, 1.82) is 0 Å². The molecule has 20 heavy (non-hydrogen) atoms. The minimum atomic E-state index is -0.157. The van der Waals surface area contributed by atoms with Gasteiger partial charge in [0.2, 0.25) is 0 Å². The molecule has 0 unspecified atom stereocenters. The Balaban J connectivity index is 1.58. The molecule has 0 radical (unpaired) electrons. The average Bonchev–Trinajstić information content (AvgIpc) is 2.92. The van der Waals surface area contributed by atoms with Crippen molar-refractivity contribution < 1.29 is 9.13 Å². The molecule has 3 atom stereocenters. The van der Waals surface area contributed by atoms with Gasteiger partial charge in [-0.1, -0.05) is 6.42 Å². The second kappa shape index (κ2) is 5.01. The van der Waals surface area contributed by atoms with E-state index in [-0.39, 0.29) is 11.9 Å². The summed E-state index contributed by atoms with van der Waals surface area (Å²) < 4.78 is 20.9. The summed E-state index contributed by atoms with van der Waals surface area (Å²) >= 11 is 1.56. The number of hydrogen-bond acceptors (Lipinski definition) is 3. The van der Waals surface area contributed by atoms with Crippen molar-refractivity contribution in [3.05, 3.63) is 29.4 Å². The van der Waals surface area contributed by atoms with E-state index in [2.05, 4.69) is 5.32 Å². The summed E-state index contributed by atoms with van der Waals surface area (Å²) in [4.78, 5) is 0. The van der Waals surface area contributed by atoms with Crippen LogP contribution in [-0.2, 0) is 0 Å². The van der Waals surface area contributed by atoms with Gasteiger partial charge in [0.05, 0.1) is 4.70 Å². The van der Waals surface area contributed by atoms with Gasteiger partial charge in [-0.2, -0.15) is 0 Å². The minimum absolute atomic E-state index is 0.157. The summed E-state index contributed by atoms with van der Waals surface area (Å²) in [6, 6.07) is 6.34. The highest BCUT2D eigenvalue weighted by Gasteiger charge is 2.32. The van der Waals surface area contributed by atoms with Gasteiger partial charge in [0, 0.05) is 17.5 Å². The molecular weight excluding hydrogens is 273 g/mol. The second-order valence-corrected chi connectivity index (χ2v) is 6.83. The zero-order chi connectivity index (χ0) is 13.5. The zero-order valence-corrected chi connectivity index (χ0v) is 12.1. The molecule has 2 nitrogen and oxygen atoms in total. The maximum atomic E-state index is 13.7. The number of fused-ring (bicyclic) bond motifs is 3. The number of nitrogens with one attached hydrogen (secondary N) is 1. The van der Waals surface area contributed by atoms with Crippen LogP contribution in [0.2, 0.25) is 0 Å². The fourth-order valence-corrected chi connectivity index (χ4v) is 4.45. The molecule has 0 amide bonds. The maximum Gasteiger partial charge on any atom is 0.137 e. The number of thiophene rings is 1. The first-order chi connectivity index (χ1) is 9.79. The number of halogens is 1. The van der Waals surface area contributed by atoms with E-state index in [4.69, 9.17) is 4.74 Å². The third-order valence-corrected chi connectivity index (χ3v) is 5.42. The van der Waals surface area contributed by atoms with Gasteiger partial charge in [0.15, 0.2) is 0 Å². The van der Waals surface area contributed by atoms with E-state index >= 15 is 0 Å². The highest BCUT2D eigenvalue weighted by atomic mass is 32.1. The average molecular weight is 291 g/mol. The van der Waals surface area contributed by atoms with Crippen LogP contribution in [0.3, 0.4) is 0 Å². The van der Waals surface area contributed by atoms with E-state index in [0.29, 0.717) is 17.5 Å². The number of rotatable bonds is 2. The lowest BCUT2D eigenvalue weighted by atomic mass is 9.85. The van der Waals surface area contributed by atoms with Crippen LogP contribution in [-0.4, -0.2) is 18.2 Å². The Morgan fingerprint density at radius 2 is 1.95 bits per heavy atom. The SMILES string of the molecule is Fc1ccc(O[C@@H]2C[C@H]3CCC[C@@H](C2)N3)c2sccc12. The Bertz CT molecular complexity index is 614. The number of ether oxygens (including phenoxy) is 1. The molecule has 1 aromatic carbocycles. The summed E-state index contributed by atoms with van der Waals surface area (Å²) in [5, 5.41) is 6.28. The van der Waals surface area contributed by atoms with E-state index in [0.717, 1.165) is 23.3 Å². The lowest BCUT2D eigenvalue weighted by Gasteiger charge is -2.40. The van der Waals surface area contributed by atoms with Gasteiger partial charge in [0.1, 0.15) is 17.7 Å². The van der Waals surface area contributed by atoms with Crippen molar-refractivity contribution in [2.45, 2.75) is 50.3 Å². The molecule has 106 valence electrons. The lowest BCUT2D eigenvalue weighted by Crippen LogP contribution is -2.51. The van der Waals surface area contributed by atoms with Gasteiger partial charge in [-0.05, 0) is 49.3 Å². The molecule has 2 aliphatic heterocycles. The molecule has 2 saturated heterocycles. The standard InChI is InChI=1S/C16H18FNOS/c17-14-4-5-15(16-13(14)6-7-20-16)19-12-8-10-2-1-3-11(9-12)18-10/h4-7,10-12,18H,1-3,8-9H2/t10-,11+,12-. The van der Waals surface area contributed by atoms with E-state index < -0.39 is 0 Å². The van der Waals surface area contributed by atoms with Crippen molar-refractivity contribution in [3.8, 4) is 5.75 Å². The molecule has 0 aliphatic carbocycles. The quantitative estimate of drug-likeness (QED) is 0.899. The van der Waals surface area contributed by atoms with E-state index in [1.54, 1.807) is 17.4 Å². The monoisotopic (exact) mass is 291 g/mol. The van der Waals surface area contributed by atoms with E-state index in [1.165, 1.54) is 25.3 Å². The minimum Gasteiger partial charge on any atom is -0.489 e. The van der Waals surface area contributed by atoms with Gasteiger partial charge < -0.3 is 10.1 Å². The van der Waals surface area contributed by atoms with Crippen LogP contribution in [0.15, 0.2) is 23.6 Å². The predicted octanol–water partition coefficient (Wildman–Crippen LogP) is 4.09. The Hall–Kier alpha value is -1.13. The third-order valence-electron chi connectivity index (χ3n) is 4.49. The van der Waals surface area contributed by atoms with Crippen LogP contribution >= 0.6 is 11.3 Å². The van der Waals surface area contributed by atoms with Gasteiger partial charge >= 0.3 is 0 Å². The molecule has 2 bridgehead atoms. The molecule has 4 heteroatoms. The topological polar surface area (TPSA) is 21.3 Å². The van der Waals surface area contributed by atoms with Crippen LogP contribution in [0, 0.1) is 5.82 Å². The molecule has 4 rings (SSSR count). The molecule has 2 aliphatic rings. The van der Waals surface area contributed by atoms with Crippen LogP contribution < -0.4 is 10.1 Å². The van der Waals surface area contributed by atoms with Crippen molar-refractivity contribution in [3.63, 3.8) is 0 Å². The summed E-state index contributed by atoms with van der Waals surface area (Å²) in [7, 11) is 0. The van der Waals surface area contributed by atoms with E-state index in [9.17, 15) is 4.39 Å². The molecule has 1 aromatic heterocycles. The van der Waals surface area contributed by atoms with Gasteiger partial charge in [-0.3, -0.25) is 0 Å². The van der Waals surface area contributed by atoms with Crippen LogP contribution in [0.4, 0.5) is 4.39 Å². The van der Waals surface area contributed by atoms with Crippen molar-refractivity contribution >= 4 is 21.4 Å². The summed E-state index contributed by atoms with van der Waals surface area (Å²) in [6.45, 7) is 0. The van der Waals surface area contributed by atoms with Gasteiger partial charge in [-0.25, -0.2) is 4.39 Å². The van der Waals surface area contributed by atoms with E-state index in [1.807, 2.05) is 11.4 Å². The van der Waals surface area contributed by atoms with Crippen molar-refractivity contribution in [1.82, 2.24) is 5.32 Å². The molecule has 3 heterocycles. The maximum absolute atomic E-state index is 13.7. The largest absolute Gasteiger partial charge is 0.489 e. The van der Waals surface area contributed by atoms with Crippen molar-refractivity contribution in [2.24, 2.45) is 0 Å². The Labute approximate surface area is 121 Å². The van der Waals surface area contributed by atoms with Crippen LogP contribution in [0.5, 0.6) is 5.75 Å². The highest BCUT2D eigenvalue weighted by molar-refractivity contribution is 7.17. The Morgan fingerprint density at radius 1 is 1.15 bits per heavy atom. The van der Waals surface area contributed by atoms with Crippen molar-refractivity contribution in [2.75, 3.05) is 0 Å². The number of benzene rings is 1. The predicted molar refractivity (Wildman–Crippen MR) is 80.0 cm³/mol. The smallest absolute Gasteiger partial charge is 0.137 e. The fraction of sp³-hybridized carbons (Fsp3) is 0.500. The molecule has 2 aromatic rings. The first-order valence-corrected chi connectivity index (χ1v) is 8.26. The Kier molecular flexibility index (Phi) is 3.15. The molecule has 1 N–H and O–H groups in total. The molecule has 0 spiro atoms. The number of piperidine rings is 2. The zero-order valence-electron chi connectivity index (χ0n) is 11.3. The Morgan fingerprint density at radius 3 is 2.75 bits per heavy atom. The van der Waals surface area contributed by atoms with Crippen LogP contribution in [0.25, 0.3) is 10.1 Å². The lowest BCUT2D eigenvalue weighted by molar-refractivity contribution is 0.0940. The number of hydrogen-bond donors (Lipinski definition) is 1. The van der Waals surface area contributed by atoms with Gasteiger partial charge in [0.25, 0.3) is 0 Å². The van der Waals surface area contributed by atoms with Crippen LogP contribution in [0.1, 0.15) is 32.1 Å². The highest BCUT2D eigenvalue weighted by Crippen LogP contribution is 2.35. The normalized spacial score (nSPS) is 29.6. The molecular formula is C16H18FNOS. The fourth-order valence-electron chi connectivity index (χ4n) is 3.58. The molecule has 0 saturated carbocycles. The summed E-state index contributed by atoms with van der Waals surface area (Å²) in [5.74, 6) is 0.692. The second-order valence-electron chi connectivity index (χ2n) is 5.91. The first kappa shape index (κ1) is 12.6. The summed E-state index contributed by atoms with van der Waals surface area (Å²) in [5.41, 5.74) is 0. The summed E-state index contributed by atoms with van der Waals surface area (Å²) in [6.07, 6.45) is 6.26. The first-order valence-electron chi connectivity index (χ1n) is 7.38. The third kappa shape index (κ3) is 2.21. The van der Waals surface area contributed by atoms with Gasteiger partial charge in [-0.15, -0.1) is 11.3 Å². The molecule has 2 fully saturated rings.